The molecule has 0 aliphatic heterocycles. The van der Waals surface area contributed by atoms with E-state index < -0.39 is 6.29 Å². The van der Waals surface area contributed by atoms with Gasteiger partial charge in [0.15, 0.2) is 6.29 Å². The van der Waals surface area contributed by atoms with Crippen LogP contribution in [0.5, 0.6) is 0 Å². The highest BCUT2D eigenvalue weighted by atomic mass is 35.5. The Morgan fingerprint density at radius 3 is 2.55 bits per heavy atom. The first-order chi connectivity index (χ1) is 5.34. The van der Waals surface area contributed by atoms with Crippen molar-refractivity contribution in [2.45, 2.75) is 6.29 Å². The van der Waals surface area contributed by atoms with Crippen LogP contribution in [0.2, 0.25) is 0 Å². The topological polar surface area (TPSA) is 29.5 Å². The summed E-state index contributed by atoms with van der Waals surface area (Å²) in [5, 5.41) is 9.21. The number of hydrogen-bond donors (Lipinski definition) is 1. The third-order valence-corrected chi connectivity index (χ3v) is 1.43. The molecule has 1 aromatic carbocycles. The molecule has 1 aromatic rings. The molecule has 0 spiro atoms. The summed E-state index contributed by atoms with van der Waals surface area (Å²) in [5.41, 5.74) is 0.716. The van der Waals surface area contributed by atoms with E-state index in [2.05, 4.69) is 0 Å². The van der Waals surface area contributed by atoms with Crippen molar-refractivity contribution < 1.29 is 9.84 Å². The molecule has 0 amide bonds. The van der Waals surface area contributed by atoms with Crippen LogP contribution in [-0.2, 0) is 4.74 Å². The standard InChI is InChI=1S/C8H9ClO2/c9-6-11-8(10)7-4-2-1-3-5-7/h1-5,8,10H,6H2. The zero-order valence-corrected chi connectivity index (χ0v) is 6.66. The van der Waals surface area contributed by atoms with E-state index >= 15 is 0 Å². The average molecular weight is 173 g/mol. The number of alkyl halides is 1. The quantitative estimate of drug-likeness (QED) is 0.558. The van der Waals surface area contributed by atoms with Crippen molar-refractivity contribution in [1.29, 1.82) is 0 Å². The fourth-order valence-corrected chi connectivity index (χ4v) is 0.893. The molecule has 60 valence electrons. The summed E-state index contributed by atoms with van der Waals surface area (Å²) < 4.78 is 4.75. The third kappa shape index (κ3) is 2.50. The predicted molar refractivity (Wildman–Crippen MR) is 43.2 cm³/mol. The van der Waals surface area contributed by atoms with Crippen LogP contribution in [-0.4, -0.2) is 11.2 Å². The van der Waals surface area contributed by atoms with Gasteiger partial charge in [0, 0.05) is 5.56 Å². The van der Waals surface area contributed by atoms with Gasteiger partial charge in [-0.15, -0.1) is 0 Å². The average Bonchev–Trinajstić information content (AvgIpc) is 2.07. The zero-order chi connectivity index (χ0) is 8.10. The van der Waals surface area contributed by atoms with Gasteiger partial charge in [-0.1, -0.05) is 41.9 Å². The Labute approximate surface area is 70.4 Å². The van der Waals surface area contributed by atoms with Gasteiger partial charge in [0.2, 0.25) is 0 Å². The minimum absolute atomic E-state index is 0.00391. The number of hydrogen-bond acceptors (Lipinski definition) is 2. The van der Waals surface area contributed by atoms with Crippen molar-refractivity contribution in [2.24, 2.45) is 0 Å². The van der Waals surface area contributed by atoms with Crippen molar-refractivity contribution in [2.75, 3.05) is 6.07 Å². The van der Waals surface area contributed by atoms with Crippen molar-refractivity contribution in [1.82, 2.24) is 0 Å². The van der Waals surface area contributed by atoms with E-state index in [1.54, 1.807) is 12.1 Å². The first-order valence-electron chi connectivity index (χ1n) is 3.25. The lowest BCUT2D eigenvalue weighted by Crippen LogP contribution is -2.00. The van der Waals surface area contributed by atoms with E-state index in [4.69, 9.17) is 16.3 Å². The van der Waals surface area contributed by atoms with Crippen molar-refractivity contribution >= 4 is 11.6 Å². The largest absolute Gasteiger partial charge is 0.364 e. The molecule has 0 radical (unpaired) electrons. The minimum atomic E-state index is -0.909. The van der Waals surface area contributed by atoms with Gasteiger partial charge in [-0.25, -0.2) is 0 Å². The molecular weight excluding hydrogens is 164 g/mol. The number of benzene rings is 1. The van der Waals surface area contributed by atoms with Gasteiger partial charge in [0.05, 0.1) is 0 Å². The van der Waals surface area contributed by atoms with Crippen LogP contribution in [0.1, 0.15) is 11.9 Å². The molecule has 1 atom stereocenters. The number of aliphatic hydroxyl groups excluding tert-OH is 1. The van der Waals surface area contributed by atoms with Crippen LogP contribution in [0, 0.1) is 0 Å². The van der Waals surface area contributed by atoms with Crippen LogP contribution in [0.15, 0.2) is 30.3 Å². The van der Waals surface area contributed by atoms with E-state index in [1.165, 1.54) is 0 Å². The predicted octanol–water partition coefficient (Wildman–Crippen LogP) is 1.89. The molecule has 0 aromatic heterocycles. The van der Waals surface area contributed by atoms with E-state index in [0.29, 0.717) is 5.56 Å². The molecule has 1 rings (SSSR count). The fourth-order valence-electron chi connectivity index (χ4n) is 0.774. The molecule has 3 heteroatoms. The summed E-state index contributed by atoms with van der Waals surface area (Å²) in [4.78, 5) is 0. The summed E-state index contributed by atoms with van der Waals surface area (Å²) in [5.74, 6) is 0. The summed E-state index contributed by atoms with van der Waals surface area (Å²) in [7, 11) is 0. The number of halogens is 1. The molecule has 2 nitrogen and oxygen atoms in total. The lowest BCUT2D eigenvalue weighted by molar-refractivity contribution is -0.0853. The van der Waals surface area contributed by atoms with Gasteiger partial charge in [-0.3, -0.25) is 0 Å². The Balaban J connectivity index is 2.61. The summed E-state index contributed by atoms with van der Waals surface area (Å²) in [6.45, 7) is 0. The lowest BCUT2D eigenvalue weighted by Gasteiger charge is -2.08. The lowest BCUT2D eigenvalue weighted by atomic mass is 10.2. The summed E-state index contributed by atoms with van der Waals surface area (Å²) in [6.07, 6.45) is -0.909. The van der Waals surface area contributed by atoms with Gasteiger partial charge in [-0.05, 0) is 0 Å². The second kappa shape index (κ2) is 4.34. The second-order valence-electron chi connectivity index (χ2n) is 2.04. The van der Waals surface area contributed by atoms with Crippen molar-refractivity contribution in [3.8, 4) is 0 Å². The highest BCUT2D eigenvalue weighted by Crippen LogP contribution is 2.12. The molecule has 0 aliphatic rings. The minimum Gasteiger partial charge on any atom is -0.364 e. The Morgan fingerprint density at radius 2 is 2.00 bits per heavy atom. The number of rotatable bonds is 3. The molecule has 0 heterocycles. The highest BCUT2D eigenvalue weighted by Gasteiger charge is 2.04. The maximum atomic E-state index is 9.21. The molecule has 11 heavy (non-hydrogen) atoms. The first-order valence-corrected chi connectivity index (χ1v) is 3.78. The monoisotopic (exact) mass is 172 g/mol. The van der Waals surface area contributed by atoms with Crippen LogP contribution in [0.25, 0.3) is 0 Å². The van der Waals surface area contributed by atoms with Gasteiger partial charge >= 0.3 is 0 Å². The Morgan fingerprint density at radius 1 is 1.36 bits per heavy atom. The number of ether oxygens (including phenoxy) is 1. The Bertz CT molecular complexity index is 201. The molecule has 0 saturated carbocycles. The Kier molecular flexibility index (Phi) is 3.36. The third-order valence-electron chi connectivity index (χ3n) is 1.31. The Hall–Kier alpha value is -0.570. The summed E-state index contributed by atoms with van der Waals surface area (Å²) >= 11 is 5.26. The molecule has 0 fully saturated rings. The fraction of sp³-hybridized carbons (Fsp3) is 0.250. The van der Waals surface area contributed by atoms with E-state index in [9.17, 15) is 5.11 Å². The molecule has 0 aliphatic carbocycles. The first kappa shape index (κ1) is 8.53. The molecule has 1 unspecified atom stereocenters. The van der Waals surface area contributed by atoms with Crippen LogP contribution in [0.3, 0.4) is 0 Å². The molecular formula is C8H9ClO2. The van der Waals surface area contributed by atoms with Gasteiger partial charge in [0.25, 0.3) is 0 Å². The normalized spacial score (nSPS) is 12.9. The summed E-state index contributed by atoms with van der Waals surface area (Å²) in [6, 6.07) is 9.08. The zero-order valence-electron chi connectivity index (χ0n) is 5.90. The van der Waals surface area contributed by atoms with E-state index in [1.807, 2.05) is 18.2 Å². The molecule has 1 N–H and O–H groups in total. The van der Waals surface area contributed by atoms with Crippen LogP contribution >= 0.6 is 11.6 Å². The SMILES string of the molecule is OC(OCCl)c1ccccc1. The van der Waals surface area contributed by atoms with Crippen LogP contribution in [0.4, 0.5) is 0 Å². The van der Waals surface area contributed by atoms with E-state index in [0.717, 1.165) is 0 Å². The van der Waals surface area contributed by atoms with Crippen molar-refractivity contribution in [3.05, 3.63) is 35.9 Å². The smallest absolute Gasteiger partial charge is 0.182 e. The van der Waals surface area contributed by atoms with Crippen LogP contribution < -0.4 is 0 Å². The molecule has 0 saturated heterocycles. The molecule has 0 bridgehead atoms. The second-order valence-corrected chi connectivity index (χ2v) is 2.26. The highest BCUT2D eigenvalue weighted by molar-refractivity contribution is 6.17. The van der Waals surface area contributed by atoms with Gasteiger partial charge < -0.3 is 9.84 Å². The van der Waals surface area contributed by atoms with E-state index in [-0.39, 0.29) is 6.07 Å². The maximum Gasteiger partial charge on any atom is 0.182 e. The van der Waals surface area contributed by atoms with Gasteiger partial charge in [-0.2, -0.15) is 0 Å². The number of aliphatic hydroxyl groups is 1. The maximum absolute atomic E-state index is 9.21. The van der Waals surface area contributed by atoms with Crippen molar-refractivity contribution in [3.63, 3.8) is 0 Å². The van der Waals surface area contributed by atoms with Gasteiger partial charge in [0.1, 0.15) is 6.07 Å².